The van der Waals surface area contributed by atoms with Gasteiger partial charge in [-0.15, -0.1) is 0 Å². The lowest BCUT2D eigenvalue weighted by Crippen LogP contribution is -2.48. The Hall–Kier alpha value is -0.610. The Morgan fingerprint density at radius 2 is 1.95 bits per heavy atom. The van der Waals surface area contributed by atoms with Gasteiger partial charge in [0.25, 0.3) is 0 Å². The highest BCUT2D eigenvalue weighted by molar-refractivity contribution is 5.79. The molecule has 4 heteroatoms. The normalized spacial score (nSPS) is 37.5. The third kappa shape index (κ3) is 3.83. The SMILES string of the molecule is CC1CCCCN1CC1CCCN(C(=O)C2CCC(N)C2)C1. The van der Waals surface area contributed by atoms with E-state index in [1.165, 1.54) is 45.2 Å². The summed E-state index contributed by atoms with van der Waals surface area (Å²) in [6, 6.07) is 0.983. The van der Waals surface area contributed by atoms with E-state index >= 15 is 0 Å². The van der Waals surface area contributed by atoms with Crippen LogP contribution in [-0.4, -0.2) is 54.0 Å². The fourth-order valence-electron chi connectivity index (χ4n) is 4.67. The number of hydrogen-bond donors (Lipinski definition) is 1. The van der Waals surface area contributed by atoms with Crippen LogP contribution in [0.15, 0.2) is 0 Å². The maximum Gasteiger partial charge on any atom is 0.225 e. The molecule has 2 N–H and O–H groups in total. The van der Waals surface area contributed by atoms with Crippen LogP contribution < -0.4 is 5.73 Å². The fourth-order valence-corrected chi connectivity index (χ4v) is 4.67. The highest BCUT2D eigenvalue weighted by Crippen LogP contribution is 2.29. The summed E-state index contributed by atoms with van der Waals surface area (Å²) in [5.41, 5.74) is 5.98. The summed E-state index contributed by atoms with van der Waals surface area (Å²) in [6.07, 6.45) is 9.48. The van der Waals surface area contributed by atoms with Crippen LogP contribution >= 0.6 is 0 Å². The molecule has 22 heavy (non-hydrogen) atoms. The second-order valence-electron chi connectivity index (χ2n) is 7.90. The zero-order chi connectivity index (χ0) is 15.5. The quantitative estimate of drug-likeness (QED) is 0.870. The third-order valence-corrected chi connectivity index (χ3v) is 6.09. The third-order valence-electron chi connectivity index (χ3n) is 6.09. The van der Waals surface area contributed by atoms with Crippen molar-refractivity contribution in [1.82, 2.24) is 9.80 Å². The average molecular weight is 307 g/mol. The van der Waals surface area contributed by atoms with Crippen molar-refractivity contribution in [3.8, 4) is 0 Å². The first-order chi connectivity index (χ1) is 10.6. The summed E-state index contributed by atoms with van der Waals surface area (Å²) in [6.45, 7) is 6.76. The van der Waals surface area contributed by atoms with E-state index in [1.54, 1.807) is 0 Å². The number of nitrogens with zero attached hydrogens (tertiary/aromatic N) is 2. The van der Waals surface area contributed by atoms with Crippen molar-refractivity contribution in [3.63, 3.8) is 0 Å². The Labute approximate surface area is 135 Å². The van der Waals surface area contributed by atoms with E-state index in [4.69, 9.17) is 5.73 Å². The van der Waals surface area contributed by atoms with Gasteiger partial charge in [0.2, 0.25) is 5.91 Å². The summed E-state index contributed by atoms with van der Waals surface area (Å²) in [4.78, 5) is 17.5. The number of amides is 1. The molecule has 2 aliphatic heterocycles. The molecule has 0 aromatic carbocycles. The van der Waals surface area contributed by atoms with E-state index in [2.05, 4.69) is 16.7 Å². The number of rotatable bonds is 3. The molecule has 4 atom stereocenters. The standard InChI is InChI=1S/C18H33N3O/c1-14-5-2-3-9-20(14)12-15-6-4-10-21(13-15)18(22)16-7-8-17(19)11-16/h14-17H,2-13,19H2,1H3. The average Bonchev–Trinajstić information content (AvgIpc) is 2.96. The molecule has 1 aliphatic carbocycles. The van der Waals surface area contributed by atoms with Gasteiger partial charge in [-0.2, -0.15) is 0 Å². The predicted molar refractivity (Wildman–Crippen MR) is 89.5 cm³/mol. The van der Waals surface area contributed by atoms with Crippen LogP contribution in [-0.2, 0) is 4.79 Å². The van der Waals surface area contributed by atoms with Crippen molar-refractivity contribution in [1.29, 1.82) is 0 Å². The molecule has 0 bridgehead atoms. The van der Waals surface area contributed by atoms with Crippen LogP contribution in [0.1, 0.15) is 58.3 Å². The second-order valence-corrected chi connectivity index (χ2v) is 7.90. The molecule has 0 spiro atoms. The molecule has 3 aliphatic rings. The molecule has 2 saturated heterocycles. The van der Waals surface area contributed by atoms with Gasteiger partial charge in [-0.1, -0.05) is 6.42 Å². The van der Waals surface area contributed by atoms with Crippen molar-refractivity contribution in [2.45, 2.75) is 70.4 Å². The molecule has 1 amide bonds. The summed E-state index contributed by atoms with van der Waals surface area (Å²) >= 11 is 0. The number of piperidine rings is 2. The maximum absolute atomic E-state index is 12.7. The Kier molecular flexibility index (Phi) is 5.40. The first kappa shape index (κ1) is 16.3. The van der Waals surface area contributed by atoms with Crippen molar-refractivity contribution in [3.05, 3.63) is 0 Å². The molecule has 0 radical (unpaired) electrons. The minimum absolute atomic E-state index is 0.211. The smallest absolute Gasteiger partial charge is 0.225 e. The van der Waals surface area contributed by atoms with E-state index in [-0.39, 0.29) is 12.0 Å². The molecule has 1 saturated carbocycles. The molecule has 3 fully saturated rings. The number of carbonyl (C=O) groups excluding carboxylic acids is 1. The molecular weight excluding hydrogens is 274 g/mol. The lowest BCUT2D eigenvalue weighted by atomic mass is 9.93. The van der Waals surface area contributed by atoms with Gasteiger partial charge in [-0.25, -0.2) is 0 Å². The number of likely N-dealkylation sites (tertiary alicyclic amines) is 2. The Morgan fingerprint density at radius 1 is 1.09 bits per heavy atom. The minimum atomic E-state index is 0.211. The first-order valence-corrected chi connectivity index (χ1v) is 9.42. The van der Waals surface area contributed by atoms with Gasteiger partial charge in [0.05, 0.1) is 0 Å². The highest BCUT2D eigenvalue weighted by atomic mass is 16.2. The maximum atomic E-state index is 12.7. The van der Waals surface area contributed by atoms with Crippen molar-refractivity contribution in [2.24, 2.45) is 17.6 Å². The predicted octanol–water partition coefficient (Wildman–Crippen LogP) is 2.23. The van der Waals surface area contributed by atoms with E-state index in [0.29, 0.717) is 11.8 Å². The van der Waals surface area contributed by atoms with E-state index < -0.39 is 0 Å². The van der Waals surface area contributed by atoms with Gasteiger partial charge in [-0.3, -0.25) is 4.79 Å². The number of hydrogen-bond acceptors (Lipinski definition) is 3. The van der Waals surface area contributed by atoms with Gasteiger partial charge >= 0.3 is 0 Å². The zero-order valence-electron chi connectivity index (χ0n) is 14.2. The summed E-state index contributed by atoms with van der Waals surface area (Å²) in [5, 5.41) is 0. The van der Waals surface area contributed by atoms with E-state index in [0.717, 1.165) is 38.4 Å². The van der Waals surface area contributed by atoms with E-state index in [1.807, 2.05) is 0 Å². The fraction of sp³-hybridized carbons (Fsp3) is 0.944. The van der Waals surface area contributed by atoms with Gasteiger partial charge in [0.15, 0.2) is 0 Å². The number of nitrogens with two attached hydrogens (primary N) is 1. The molecule has 0 aromatic heterocycles. The zero-order valence-corrected chi connectivity index (χ0v) is 14.2. The monoisotopic (exact) mass is 307 g/mol. The van der Waals surface area contributed by atoms with Crippen molar-refractivity contribution >= 4 is 5.91 Å². The molecule has 4 nitrogen and oxygen atoms in total. The van der Waals surface area contributed by atoms with Gasteiger partial charge < -0.3 is 15.5 Å². The Bertz CT molecular complexity index is 387. The topological polar surface area (TPSA) is 49.6 Å². The van der Waals surface area contributed by atoms with E-state index in [9.17, 15) is 4.79 Å². The summed E-state index contributed by atoms with van der Waals surface area (Å²) < 4.78 is 0. The largest absolute Gasteiger partial charge is 0.342 e. The van der Waals surface area contributed by atoms with Gasteiger partial charge in [0, 0.05) is 37.6 Å². The lowest BCUT2D eigenvalue weighted by Gasteiger charge is -2.40. The van der Waals surface area contributed by atoms with Crippen LogP contribution in [0.3, 0.4) is 0 Å². The second kappa shape index (κ2) is 7.31. The minimum Gasteiger partial charge on any atom is -0.342 e. The number of carbonyl (C=O) groups is 1. The van der Waals surface area contributed by atoms with Crippen molar-refractivity contribution < 1.29 is 4.79 Å². The van der Waals surface area contributed by atoms with Crippen LogP contribution in [0.2, 0.25) is 0 Å². The van der Waals surface area contributed by atoms with Crippen molar-refractivity contribution in [2.75, 3.05) is 26.2 Å². The van der Waals surface area contributed by atoms with Gasteiger partial charge in [0.1, 0.15) is 0 Å². The van der Waals surface area contributed by atoms with Crippen LogP contribution in [0, 0.1) is 11.8 Å². The van der Waals surface area contributed by atoms with Gasteiger partial charge in [-0.05, 0) is 64.3 Å². The van der Waals surface area contributed by atoms with Crippen LogP contribution in [0.4, 0.5) is 0 Å². The first-order valence-electron chi connectivity index (χ1n) is 9.42. The molecule has 126 valence electrons. The van der Waals surface area contributed by atoms with Crippen LogP contribution in [0.25, 0.3) is 0 Å². The lowest BCUT2D eigenvalue weighted by molar-refractivity contribution is -0.137. The summed E-state index contributed by atoms with van der Waals surface area (Å²) in [7, 11) is 0. The molecule has 3 rings (SSSR count). The Morgan fingerprint density at radius 3 is 2.68 bits per heavy atom. The molecule has 0 aromatic rings. The summed E-state index contributed by atoms with van der Waals surface area (Å²) in [5.74, 6) is 1.28. The molecule has 4 unspecified atom stereocenters. The highest BCUT2D eigenvalue weighted by Gasteiger charge is 2.34. The van der Waals surface area contributed by atoms with Crippen LogP contribution in [0.5, 0.6) is 0 Å². The molecular formula is C18H33N3O. The molecule has 2 heterocycles. The Balaban J connectivity index is 1.51.